The van der Waals surface area contributed by atoms with E-state index >= 15 is 0 Å². The van der Waals surface area contributed by atoms with Crippen LogP contribution in [-0.4, -0.2) is 62.1 Å². The zero-order valence-corrected chi connectivity index (χ0v) is 17.5. The Labute approximate surface area is 185 Å². The second-order valence-corrected chi connectivity index (χ2v) is 7.72. The number of benzene rings is 3. The first-order valence-corrected chi connectivity index (χ1v) is 10.6. The van der Waals surface area contributed by atoms with Crippen molar-refractivity contribution in [2.75, 3.05) is 44.4 Å². The van der Waals surface area contributed by atoms with E-state index in [9.17, 15) is 14.4 Å². The van der Waals surface area contributed by atoms with Crippen molar-refractivity contribution in [1.29, 1.82) is 0 Å². The number of esters is 1. The van der Waals surface area contributed by atoms with Crippen LogP contribution in [0.2, 0.25) is 0 Å². The van der Waals surface area contributed by atoms with Gasteiger partial charge >= 0.3 is 5.97 Å². The van der Waals surface area contributed by atoms with E-state index in [1.165, 1.54) is 0 Å². The highest BCUT2D eigenvalue weighted by Gasteiger charge is 2.33. The van der Waals surface area contributed by atoms with Crippen LogP contribution in [0, 0.1) is 0 Å². The van der Waals surface area contributed by atoms with Gasteiger partial charge in [-0.05, 0) is 30.3 Å². The monoisotopic (exact) mass is 430 g/mol. The van der Waals surface area contributed by atoms with Crippen LogP contribution in [0.4, 0.5) is 5.69 Å². The number of anilines is 1. The quantitative estimate of drug-likeness (QED) is 0.457. The first kappa shape index (κ1) is 20.2. The van der Waals surface area contributed by atoms with Gasteiger partial charge in [-0.1, -0.05) is 30.3 Å². The van der Waals surface area contributed by atoms with Gasteiger partial charge < -0.3 is 14.4 Å². The summed E-state index contributed by atoms with van der Waals surface area (Å²) < 4.78 is 10.7. The predicted octanol–water partition coefficient (Wildman–Crippen LogP) is 3.13. The highest BCUT2D eigenvalue weighted by atomic mass is 16.5. The molecule has 0 aliphatic carbocycles. The lowest BCUT2D eigenvalue weighted by Crippen LogP contribution is -2.42. The first-order chi connectivity index (χ1) is 15.6. The molecule has 3 aromatic rings. The number of amides is 2. The molecule has 2 aliphatic rings. The molecule has 32 heavy (non-hydrogen) atoms. The number of ether oxygens (including phenoxy) is 2. The summed E-state index contributed by atoms with van der Waals surface area (Å²) in [6.45, 7) is 2.76. The molecule has 0 N–H and O–H groups in total. The maximum Gasteiger partial charge on any atom is 0.338 e. The molecule has 1 fully saturated rings. The van der Waals surface area contributed by atoms with Crippen LogP contribution in [0.1, 0.15) is 31.1 Å². The highest BCUT2D eigenvalue weighted by molar-refractivity contribution is 6.26. The number of hydrogen-bond acceptors (Lipinski definition) is 6. The predicted molar refractivity (Wildman–Crippen MR) is 119 cm³/mol. The second-order valence-electron chi connectivity index (χ2n) is 7.72. The summed E-state index contributed by atoms with van der Waals surface area (Å²) in [7, 11) is 0. The summed E-state index contributed by atoms with van der Waals surface area (Å²) in [6, 6.07) is 17.9. The maximum absolute atomic E-state index is 13.2. The maximum atomic E-state index is 13.2. The van der Waals surface area contributed by atoms with E-state index in [2.05, 4.69) is 4.90 Å². The minimum atomic E-state index is -0.486. The van der Waals surface area contributed by atoms with E-state index < -0.39 is 5.97 Å². The van der Waals surface area contributed by atoms with E-state index in [0.717, 1.165) is 29.1 Å². The van der Waals surface area contributed by atoms with Crippen molar-refractivity contribution < 1.29 is 23.9 Å². The molecule has 1 saturated heterocycles. The minimum absolute atomic E-state index is 0.00270. The van der Waals surface area contributed by atoms with Crippen molar-refractivity contribution in [3.63, 3.8) is 0 Å². The Morgan fingerprint density at radius 3 is 2.34 bits per heavy atom. The van der Waals surface area contributed by atoms with E-state index in [0.29, 0.717) is 35.3 Å². The lowest BCUT2D eigenvalue weighted by molar-refractivity contribution is 0.0405. The number of carbonyl (C=O) groups is 3. The third-order valence-corrected chi connectivity index (χ3v) is 5.88. The van der Waals surface area contributed by atoms with E-state index in [1.54, 1.807) is 36.4 Å². The summed E-state index contributed by atoms with van der Waals surface area (Å²) in [5.41, 5.74) is 2.40. The molecule has 0 atom stereocenters. The Balaban J connectivity index is 1.39. The Kier molecular flexibility index (Phi) is 5.33. The topological polar surface area (TPSA) is 76.2 Å². The van der Waals surface area contributed by atoms with Gasteiger partial charge in [-0.25, -0.2) is 4.79 Å². The van der Waals surface area contributed by atoms with Crippen molar-refractivity contribution in [3.8, 4) is 0 Å². The van der Waals surface area contributed by atoms with Crippen molar-refractivity contribution in [2.45, 2.75) is 0 Å². The largest absolute Gasteiger partial charge is 0.460 e. The van der Waals surface area contributed by atoms with Crippen LogP contribution in [0.5, 0.6) is 0 Å². The number of imide groups is 1. The zero-order valence-electron chi connectivity index (χ0n) is 17.5. The molecule has 0 bridgehead atoms. The van der Waals surface area contributed by atoms with Gasteiger partial charge in [0, 0.05) is 40.7 Å². The number of hydrogen-bond donors (Lipinski definition) is 0. The van der Waals surface area contributed by atoms with Gasteiger partial charge in [0.05, 0.1) is 25.3 Å². The summed E-state index contributed by atoms with van der Waals surface area (Å²) in [5, 5.41) is 1.57. The van der Waals surface area contributed by atoms with Crippen LogP contribution in [0.15, 0.2) is 60.7 Å². The summed E-state index contributed by atoms with van der Waals surface area (Å²) >= 11 is 0. The third kappa shape index (κ3) is 3.50. The molecule has 0 spiro atoms. The molecule has 7 nitrogen and oxygen atoms in total. The van der Waals surface area contributed by atoms with Gasteiger partial charge in [0.25, 0.3) is 11.8 Å². The van der Waals surface area contributed by atoms with E-state index in [4.69, 9.17) is 9.47 Å². The fraction of sp³-hybridized carbons (Fsp3) is 0.240. The molecule has 2 amide bonds. The van der Waals surface area contributed by atoms with Crippen LogP contribution < -0.4 is 4.90 Å². The fourth-order valence-electron chi connectivity index (χ4n) is 4.30. The Bertz CT molecular complexity index is 1180. The molecule has 3 aromatic carbocycles. The van der Waals surface area contributed by atoms with Crippen molar-refractivity contribution in [1.82, 2.24) is 4.90 Å². The van der Waals surface area contributed by atoms with Gasteiger partial charge in [0.1, 0.15) is 6.61 Å². The van der Waals surface area contributed by atoms with Gasteiger partial charge in [-0.3, -0.25) is 14.5 Å². The SMILES string of the molecule is O=C(OCCN1C(=O)c2cccc3c(N4CCOCC4)ccc(c23)C1=O)c1ccccc1. The molecule has 0 saturated carbocycles. The molecule has 162 valence electrons. The average molecular weight is 430 g/mol. The lowest BCUT2D eigenvalue weighted by atomic mass is 9.92. The molecule has 2 heterocycles. The van der Waals surface area contributed by atoms with Crippen LogP contribution in [-0.2, 0) is 9.47 Å². The van der Waals surface area contributed by atoms with Crippen molar-refractivity contribution in [3.05, 3.63) is 77.4 Å². The third-order valence-electron chi connectivity index (χ3n) is 5.88. The second kappa shape index (κ2) is 8.43. The Hall–Kier alpha value is -3.71. The molecular formula is C25H22N2O5. The zero-order chi connectivity index (χ0) is 22.1. The molecular weight excluding hydrogens is 408 g/mol. The van der Waals surface area contributed by atoms with Crippen LogP contribution in [0.25, 0.3) is 10.8 Å². The molecule has 5 rings (SSSR count). The van der Waals surface area contributed by atoms with Gasteiger partial charge in [-0.15, -0.1) is 0 Å². The Morgan fingerprint density at radius 2 is 1.59 bits per heavy atom. The molecule has 2 aliphatic heterocycles. The smallest absolute Gasteiger partial charge is 0.338 e. The molecule has 0 aromatic heterocycles. The number of rotatable bonds is 5. The Morgan fingerprint density at radius 1 is 0.875 bits per heavy atom. The van der Waals surface area contributed by atoms with E-state index in [-0.39, 0.29) is 25.0 Å². The van der Waals surface area contributed by atoms with Gasteiger partial charge in [-0.2, -0.15) is 0 Å². The van der Waals surface area contributed by atoms with Gasteiger partial charge in [0.2, 0.25) is 0 Å². The van der Waals surface area contributed by atoms with Crippen molar-refractivity contribution in [2.24, 2.45) is 0 Å². The average Bonchev–Trinajstić information content (AvgIpc) is 2.85. The first-order valence-electron chi connectivity index (χ1n) is 10.6. The lowest BCUT2D eigenvalue weighted by Gasteiger charge is -2.32. The number of carbonyl (C=O) groups excluding carboxylic acids is 3. The normalized spacial score (nSPS) is 15.9. The van der Waals surface area contributed by atoms with Gasteiger partial charge in [0.15, 0.2) is 0 Å². The number of morpholine rings is 1. The standard InChI is InChI=1S/C25H22N2O5/c28-23-19-8-4-7-18-21(26-11-14-31-15-12-26)10-9-20(22(18)19)24(29)27(23)13-16-32-25(30)17-5-2-1-3-6-17/h1-10H,11-16H2. The summed E-state index contributed by atoms with van der Waals surface area (Å²) in [4.78, 5) is 41.9. The van der Waals surface area contributed by atoms with Crippen molar-refractivity contribution >= 4 is 34.2 Å². The summed E-state index contributed by atoms with van der Waals surface area (Å²) in [5.74, 6) is -1.23. The van der Waals surface area contributed by atoms with Crippen LogP contribution in [0.3, 0.4) is 0 Å². The highest BCUT2D eigenvalue weighted by Crippen LogP contribution is 2.36. The summed E-state index contributed by atoms with van der Waals surface area (Å²) in [6.07, 6.45) is 0. The van der Waals surface area contributed by atoms with E-state index in [1.807, 2.05) is 24.3 Å². The minimum Gasteiger partial charge on any atom is -0.460 e. The molecule has 0 radical (unpaired) electrons. The fourth-order valence-corrected chi connectivity index (χ4v) is 4.30. The molecule has 0 unspecified atom stereocenters. The molecule has 7 heteroatoms. The number of nitrogens with zero attached hydrogens (tertiary/aromatic N) is 2. The van der Waals surface area contributed by atoms with Crippen LogP contribution >= 0.6 is 0 Å².